The number of carbonyl (C=O) groups is 1. The largest absolute Gasteiger partial charge is 0.478 e. The molecule has 0 bridgehead atoms. The zero-order valence-corrected chi connectivity index (χ0v) is 15.3. The van der Waals surface area contributed by atoms with Crippen LogP contribution in [-0.4, -0.2) is 16.1 Å². The maximum Gasteiger partial charge on any atom is 0.339 e. The van der Waals surface area contributed by atoms with Crippen molar-refractivity contribution in [2.75, 3.05) is 0 Å². The number of rotatable bonds is 1. The first-order valence-electron chi connectivity index (χ1n) is 6.66. The summed E-state index contributed by atoms with van der Waals surface area (Å²) in [4.78, 5) is 14.9. The Kier molecular flexibility index (Phi) is 6.46. The normalized spacial score (nSPS) is 9.88. The van der Waals surface area contributed by atoms with E-state index < -0.39 is 5.97 Å². The van der Waals surface area contributed by atoms with Gasteiger partial charge in [-0.05, 0) is 24.3 Å². The van der Waals surface area contributed by atoms with Crippen LogP contribution in [0.1, 0.15) is 15.9 Å². The van der Waals surface area contributed by atoms with Gasteiger partial charge in [-0.2, -0.15) is 5.26 Å². The number of halogens is 4. The van der Waals surface area contributed by atoms with E-state index in [1.54, 1.807) is 30.3 Å². The molecule has 8 heteroatoms. The summed E-state index contributed by atoms with van der Waals surface area (Å²) in [5.74, 6) is -1.10. The predicted octanol–water partition coefficient (Wildman–Crippen LogP) is 6.10. The van der Waals surface area contributed by atoms with Crippen LogP contribution in [-0.2, 0) is 0 Å². The van der Waals surface area contributed by atoms with Gasteiger partial charge in [0, 0.05) is 11.6 Å². The molecule has 4 nitrogen and oxygen atoms in total. The predicted molar refractivity (Wildman–Crippen MR) is 99.9 cm³/mol. The average molecular weight is 414 g/mol. The molecule has 0 amide bonds. The van der Waals surface area contributed by atoms with Crippen LogP contribution < -0.4 is 0 Å². The molecule has 0 radical (unpaired) electrons. The van der Waals surface area contributed by atoms with E-state index in [9.17, 15) is 4.79 Å². The minimum absolute atomic E-state index is 0.00540. The van der Waals surface area contributed by atoms with Crippen LogP contribution in [0.4, 0.5) is 0 Å². The Morgan fingerprint density at radius 2 is 1.68 bits per heavy atom. The highest BCUT2D eigenvalue weighted by Crippen LogP contribution is 2.26. The molecule has 0 unspecified atom stereocenters. The third kappa shape index (κ3) is 4.53. The van der Waals surface area contributed by atoms with Crippen molar-refractivity contribution in [2.24, 2.45) is 0 Å². The van der Waals surface area contributed by atoms with E-state index in [0.717, 1.165) is 0 Å². The fourth-order valence-corrected chi connectivity index (χ4v) is 2.84. The summed E-state index contributed by atoms with van der Waals surface area (Å²) in [6.45, 7) is 0. The average Bonchev–Trinajstić information content (AvgIpc) is 2.55. The van der Waals surface area contributed by atoms with Gasteiger partial charge in [-0.3, -0.25) is 4.98 Å². The topological polar surface area (TPSA) is 74.0 Å². The quantitative estimate of drug-likeness (QED) is 0.522. The Bertz CT molecular complexity index is 980. The summed E-state index contributed by atoms with van der Waals surface area (Å²) in [5, 5.41) is 19.5. The highest BCUT2D eigenvalue weighted by molar-refractivity contribution is 6.36. The van der Waals surface area contributed by atoms with Gasteiger partial charge in [0.1, 0.15) is 11.6 Å². The third-order valence-electron chi connectivity index (χ3n) is 3.06. The summed E-state index contributed by atoms with van der Waals surface area (Å²) >= 11 is 22.8. The molecule has 0 fully saturated rings. The Morgan fingerprint density at radius 3 is 2.20 bits per heavy atom. The van der Waals surface area contributed by atoms with Crippen LogP contribution >= 0.6 is 46.4 Å². The van der Waals surface area contributed by atoms with Crippen LogP contribution in [0, 0.1) is 11.3 Å². The van der Waals surface area contributed by atoms with Gasteiger partial charge in [0.2, 0.25) is 0 Å². The first kappa shape index (κ1) is 19.3. The number of aromatic carboxylic acids is 1. The van der Waals surface area contributed by atoms with Gasteiger partial charge in [-0.25, -0.2) is 4.79 Å². The minimum Gasteiger partial charge on any atom is -0.478 e. The lowest BCUT2D eigenvalue weighted by molar-refractivity contribution is 0.0699. The van der Waals surface area contributed by atoms with E-state index in [1.165, 1.54) is 12.3 Å². The number of fused-ring (bicyclic) bond motifs is 1. The molecule has 0 saturated heterocycles. The molecule has 3 rings (SSSR count). The maximum absolute atomic E-state index is 11.0. The number of carboxylic acid groups (broad SMARTS) is 1. The lowest BCUT2D eigenvalue weighted by Crippen LogP contribution is -2.00. The summed E-state index contributed by atoms with van der Waals surface area (Å²) in [5.41, 5.74) is 0.691. The second-order valence-electron chi connectivity index (χ2n) is 4.66. The van der Waals surface area contributed by atoms with E-state index in [-0.39, 0.29) is 10.6 Å². The lowest BCUT2D eigenvalue weighted by atomic mass is 10.1. The molecule has 1 N–H and O–H groups in total. The number of pyridine rings is 1. The van der Waals surface area contributed by atoms with Gasteiger partial charge in [0.05, 0.1) is 31.2 Å². The molecule has 0 atom stereocenters. The monoisotopic (exact) mass is 412 g/mol. The molecule has 3 aromatic rings. The van der Waals surface area contributed by atoms with Crippen LogP contribution in [0.5, 0.6) is 0 Å². The number of carboxylic acids is 1. The van der Waals surface area contributed by atoms with Crippen molar-refractivity contribution in [3.05, 3.63) is 73.8 Å². The van der Waals surface area contributed by atoms with E-state index >= 15 is 0 Å². The zero-order valence-electron chi connectivity index (χ0n) is 12.3. The van der Waals surface area contributed by atoms with Crippen molar-refractivity contribution in [1.82, 2.24) is 4.98 Å². The highest BCUT2D eigenvalue weighted by Gasteiger charge is 2.14. The molecule has 1 heterocycles. The molecule has 0 spiro atoms. The Balaban J connectivity index is 0.000000196. The number of nitriles is 1. The second-order valence-corrected chi connectivity index (χ2v) is 6.32. The fourth-order valence-electron chi connectivity index (χ4n) is 1.96. The SMILES string of the molecule is N#Cc1c(Cl)cccc1Cl.O=C(O)c1c(Cl)ccc2cc(Cl)cnc12. The number of aromatic nitrogens is 1. The number of hydrogen-bond donors (Lipinski definition) is 1. The first-order valence-corrected chi connectivity index (χ1v) is 8.17. The van der Waals surface area contributed by atoms with Crippen LogP contribution in [0.3, 0.4) is 0 Å². The zero-order chi connectivity index (χ0) is 18.6. The van der Waals surface area contributed by atoms with Crippen LogP contribution in [0.25, 0.3) is 10.9 Å². The Hall–Kier alpha value is -2.03. The maximum atomic E-state index is 11.0. The fraction of sp³-hybridized carbons (Fsp3) is 0. The van der Waals surface area contributed by atoms with Crippen molar-refractivity contribution in [3.63, 3.8) is 0 Å². The van der Waals surface area contributed by atoms with Gasteiger partial charge in [-0.15, -0.1) is 0 Å². The molecule has 0 aliphatic carbocycles. The molecular weight excluding hydrogens is 406 g/mol. The van der Waals surface area contributed by atoms with Gasteiger partial charge in [0.15, 0.2) is 0 Å². The number of benzene rings is 2. The van der Waals surface area contributed by atoms with Crippen molar-refractivity contribution in [2.45, 2.75) is 0 Å². The van der Waals surface area contributed by atoms with Crippen LogP contribution in [0.2, 0.25) is 20.1 Å². The molecule has 126 valence electrons. The second kappa shape index (κ2) is 8.37. The molecule has 0 saturated carbocycles. The molecule has 1 aromatic heterocycles. The van der Waals surface area contributed by atoms with Crippen molar-refractivity contribution >= 4 is 63.3 Å². The van der Waals surface area contributed by atoms with Gasteiger partial charge in [0.25, 0.3) is 0 Å². The molecule has 25 heavy (non-hydrogen) atoms. The molecular formula is C17H8Cl4N2O2. The molecule has 0 aliphatic heterocycles. The first-order chi connectivity index (χ1) is 11.8. The summed E-state index contributed by atoms with van der Waals surface area (Å²) < 4.78 is 0. The van der Waals surface area contributed by atoms with E-state index in [1.807, 2.05) is 6.07 Å². The Labute approximate surface area is 163 Å². The van der Waals surface area contributed by atoms with Gasteiger partial charge < -0.3 is 5.11 Å². The summed E-state index contributed by atoms with van der Waals surface area (Å²) in [7, 11) is 0. The number of hydrogen-bond acceptors (Lipinski definition) is 3. The van der Waals surface area contributed by atoms with Crippen LogP contribution in [0.15, 0.2) is 42.6 Å². The standard InChI is InChI=1S/C10H5Cl2NO2.C7H3Cl2N/c11-6-3-5-1-2-7(12)8(10(14)15)9(5)13-4-6;8-6-2-1-3-7(9)5(6)4-10/h1-4H,(H,14,15);1-3H. The summed E-state index contributed by atoms with van der Waals surface area (Å²) in [6, 6.07) is 11.7. The molecule has 2 aromatic carbocycles. The van der Waals surface area contributed by atoms with Crippen molar-refractivity contribution in [1.29, 1.82) is 5.26 Å². The minimum atomic E-state index is -1.10. The van der Waals surface area contributed by atoms with Crippen molar-refractivity contribution < 1.29 is 9.90 Å². The lowest BCUT2D eigenvalue weighted by Gasteiger charge is -2.03. The van der Waals surface area contributed by atoms with Gasteiger partial charge >= 0.3 is 5.97 Å². The number of nitrogens with zero attached hydrogens (tertiary/aromatic N) is 2. The van der Waals surface area contributed by atoms with E-state index in [4.69, 9.17) is 56.8 Å². The van der Waals surface area contributed by atoms with E-state index in [0.29, 0.717) is 31.5 Å². The van der Waals surface area contributed by atoms with Gasteiger partial charge in [-0.1, -0.05) is 58.5 Å². The summed E-state index contributed by atoms with van der Waals surface area (Å²) in [6.07, 6.45) is 1.40. The smallest absolute Gasteiger partial charge is 0.339 e. The van der Waals surface area contributed by atoms with Crippen molar-refractivity contribution in [3.8, 4) is 6.07 Å². The Morgan fingerprint density at radius 1 is 1.04 bits per heavy atom. The third-order valence-corrected chi connectivity index (χ3v) is 4.21. The molecule has 0 aliphatic rings. The highest BCUT2D eigenvalue weighted by atomic mass is 35.5. The van der Waals surface area contributed by atoms with E-state index in [2.05, 4.69) is 4.98 Å².